The van der Waals surface area contributed by atoms with Gasteiger partial charge in [0.1, 0.15) is 5.60 Å². The molecule has 0 radical (unpaired) electrons. The molecule has 1 aromatic carbocycles. The molecule has 160 valence electrons. The molecule has 3 amide bonds. The number of hydrogen-bond donors (Lipinski definition) is 1. The Labute approximate surface area is 181 Å². The summed E-state index contributed by atoms with van der Waals surface area (Å²) >= 11 is 11.8. The Morgan fingerprint density at radius 3 is 2.34 bits per heavy atom. The molecule has 1 aromatic rings. The Kier molecular flexibility index (Phi) is 7.77. The van der Waals surface area contributed by atoms with Crippen LogP contribution in [0.5, 0.6) is 0 Å². The summed E-state index contributed by atoms with van der Waals surface area (Å²) in [6.45, 7) is 6.28. The van der Waals surface area contributed by atoms with Gasteiger partial charge in [-0.15, -0.1) is 0 Å². The fraction of sp³-hybridized carbons (Fsp3) is 0.550. The van der Waals surface area contributed by atoms with E-state index in [2.05, 4.69) is 5.32 Å². The molecular formula is C20H27Cl2N3O4. The number of amides is 3. The van der Waals surface area contributed by atoms with Crippen molar-refractivity contribution in [3.05, 3.63) is 28.2 Å². The van der Waals surface area contributed by atoms with Gasteiger partial charge in [-0.25, -0.2) is 4.79 Å². The summed E-state index contributed by atoms with van der Waals surface area (Å²) in [5.74, 6) is -0.667. The van der Waals surface area contributed by atoms with E-state index in [0.29, 0.717) is 41.7 Å². The third-order valence-corrected chi connectivity index (χ3v) is 5.20. The smallest absolute Gasteiger partial charge is 0.410 e. The number of ether oxygens (including phenoxy) is 1. The number of likely N-dealkylation sites (tertiary alicyclic amines) is 1. The lowest BCUT2D eigenvalue weighted by atomic mass is 9.95. The maximum Gasteiger partial charge on any atom is 0.410 e. The van der Waals surface area contributed by atoms with Gasteiger partial charge in [0, 0.05) is 31.7 Å². The van der Waals surface area contributed by atoms with Gasteiger partial charge in [-0.1, -0.05) is 23.2 Å². The molecule has 0 spiro atoms. The van der Waals surface area contributed by atoms with Crippen LogP contribution >= 0.6 is 23.2 Å². The van der Waals surface area contributed by atoms with E-state index < -0.39 is 5.60 Å². The molecule has 9 heteroatoms. The van der Waals surface area contributed by atoms with Gasteiger partial charge >= 0.3 is 6.09 Å². The molecule has 0 atom stereocenters. The van der Waals surface area contributed by atoms with E-state index in [0.717, 1.165) is 0 Å². The highest BCUT2D eigenvalue weighted by Crippen LogP contribution is 2.25. The van der Waals surface area contributed by atoms with Crippen LogP contribution in [0.25, 0.3) is 0 Å². The topological polar surface area (TPSA) is 79.0 Å². The largest absolute Gasteiger partial charge is 0.444 e. The number of likely N-dealkylation sites (N-methyl/N-ethyl adjacent to an activating group) is 1. The van der Waals surface area contributed by atoms with E-state index >= 15 is 0 Å². The quantitative estimate of drug-likeness (QED) is 0.761. The molecule has 0 aliphatic carbocycles. The van der Waals surface area contributed by atoms with Gasteiger partial charge in [0.15, 0.2) is 0 Å². The number of halogens is 2. The lowest BCUT2D eigenvalue weighted by Crippen LogP contribution is -2.46. The van der Waals surface area contributed by atoms with Crippen LogP contribution in [-0.2, 0) is 14.3 Å². The second-order valence-corrected chi connectivity index (χ2v) is 8.93. The molecule has 1 aliphatic rings. The summed E-state index contributed by atoms with van der Waals surface area (Å²) in [5, 5.41) is 3.43. The van der Waals surface area contributed by atoms with Crippen LogP contribution < -0.4 is 5.32 Å². The number of benzene rings is 1. The maximum atomic E-state index is 12.7. The van der Waals surface area contributed by atoms with Crippen molar-refractivity contribution in [2.24, 2.45) is 5.92 Å². The van der Waals surface area contributed by atoms with Crippen LogP contribution in [-0.4, -0.2) is 60.0 Å². The van der Waals surface area contributed by atoms with Crippen LogP contribution in [0.2, 0.25) is 10.0 Å². The van der Waals surface area contributed by atoms with Gasteiger partial charge in [0.2, 0.25) is 11.8 Å². The minimum absolute atomic E-state index is 0.0780. The van der Waals surface area contributed by atoms with Crippen LogP contribution in [0.3, 0.4) is 0 Å². The first-order valence-corrected chi connectivity index (χ1v) is 10.2. The van der Waals surface area contributed by atoms with Crippen LogP contribution in [0.4, 0.5) is 10.5 Å². The monoisotopic (exact) mass is 443 g/mol. The summed E-state index contributed by atoms with van der Waals surface area (Å²) < 4.78 is 5.37. The maximum absolute atomic E-state index is 12.7. The number of piperidine rings is 1. The molecule has 7 nitrogen and oxygen atoms in total. The van der Waals surface area contributed by atoms with Crippen LogP contribution in [0, 0.1) is 5.92 Å². The molecule has 1 aliphatic heterocycles. The molecular weight excluding hydrogens is 417 g/mol. The molecule has 0 unspecified atom stereocenters. The van der Waals surface area contributed by atoms with Gasteiger partial charge in [-0.05, 0) is 51.8 Å². The molecule has 0 bridgehead atoms. The fourth-order valence-electron chi connectivity index (χ4n) is 3.01. The van der Waals surface area contributed by atoms with Crippen LogP contribution in [0.15, 0.2) is 18.2 Å². The minimum atomic E-state index is -0.550. The Hall–Kier alpha value is -1.99. The number of nitrogens with zero attached hydrogens (tertiary/aromatic N) is 2. The molecule has 1 heterocycles. The zero-order chi connectivity index (χ0) is 21.8. The fourth-order valence-corrected chi connectivity index (χ4v) is 3.31. The highest BCUT2D eigenvalue weighted by atomic mass is 35.5. The van der Waals surface area contributed by atoms with Crippen molar-refractivity contribution >= 4 is 46.8 Å². The summed E-state index contributed by atoms with van der Waals surface area (Å²) in [5.41, 5.74) is -0.0398. The Balaban J connectivity index is 1.82. The first kappa shape index (κ1) is 23.3. The minimum Gasteiger partial charge on any atom is -0.444 e. The second kappa shape index (κ2) is 9.67. The third kappa shape index (κ3) is 7.08. The Bertz CT molecular complexity index is 771. The normalized spacial score (nSPS) is 15.0. The molecule has 1 saturated heterocycles. The standard InChI is InChI=1S/C20H27Cl2N3O4/c1-20(2,3)29-19(28)25-9-7-13(8-10-25)18(27)24(4)12-17(26)23-14-5-6-15(21)16(22)11-14/h5-6,11,13H,7-10,12H2,1-4H3,(H,23,26). The number of rotatable bonds is 4. The van der Waals surface area contributed by atoms with E-state index in [1.54, 1.807) is 30.1 Å². The SMILES string of the molecule is CN(CC(=O)Nc1ccc(Cl)c(Cl)c1)C(=O)C1CCN(C(=O)OC(C)(C)C)CC1. The zero-order valence-corrected chi connectivity index (χ0v) is 18.6. The van der Waals surface area contributed by atoms with Gasteiger partial charge in [0.05, 0.1) is 16.6 Å². The summed E-state index contributed by atoms with van der Waals surface area (Å²) in [6, 6.07) is 4.78. The molecule has 1 fully saturated rings. The summed E-state index contributed by atoms with van der Waals surface area (Å²) in [7, 11) is 1.59. The Morgan fingerprint density at radius 2 is 1.79 bits per heavy atom. The number of carbonyl (C=O) groups excluding carboxylic acids is 3. The molecule has 2 rings (SSSR count). The van der Waals surface area contributed by atoms with Crippen molar-refractivity contribution in [2.45, 2.75) is 39.2 Å². The highest BCUT2D eigenvalue weighted by Gasteiger charge is 2.31. The first-order valence-electron chi connectivity index (χ1n) is 9.44. The van der Waals surface area contributed by atoms with E-state index in [4.69, 9.17) is 27.9 Å². The second-order valence-electron chi connectivity index (χ2n) is 8.11. The lowest BCUT2D eigenvalue weighted by Gasteiger charge is -2.34. The average molecular weight is 444 g/mol. The molecule has 0 saturated carbocycles. The van der Waals surface area contributed by atoms with Gasteiger partial charge < -0.3 is 19.9 Å². The summed E-state index contributed by atoms with van der Waals surface area (Å²) in [6.07, 6.45) is 0.714. The van der Waals surface area contributed by atoms with E-state index in [1.165, 1.54) is 4.90 Å². The van der Waals surface area contributed by atoms with E-state index in [-0.39, 0.29) is 30.4 Å². The zero-order valence-electron chi connectivity index (χ0n) is 17.1. The lowest BCUT2D eigenvalue weighted by molar-refractivity contribution is -0.138. The number of anilines is 1. The summed E-state index contributed by atoms with van der Waals surface area (Å²) in [4.78, 5) is 40.0. The molecule has 1 N–H and O–H groups in total. The number of hydrogen-bond acceptors (Lipinski definition) is 4. The van der Waals surface area contributed by atoms with Crippen molar-refractivity contribution in [1.29, 1.82) is 0 Å². The van der Waals surface area contributed by atoms with Gasteiger partial charge in [-0.2, -0.15) is 0 Å². The van der Waals surface area contributed by atoms with Crippen molar-refractivity contribution in [1.82, 2.24) is 9.80 Å². The molecule has 29 heavy (non-hydrogen) atoms. The predicted molar refractivity (Wildman–Crippen MR) is 113 cm³/mol. The van der Waals surface area contributed by atoms with Crippen molar-refractivity contribution in [2.75, 3.05) is 32.0 Å². The van der Waals surface area contributed by atoms with E-state index in [9.17, 15) is 14.4 Å². The molecule has 0 aromatic heterocycles. The van der Waals surface area contributed by atoms with Crippen molar-refractivity contribution in [3.8, 4) is 0 Å². The van der Waals surface area contributed by atoms with Crippen LogP contribution in [0.1, 0.15) is 33.6 Å². The van der Waals surface area contributed by atoms with Crippen molar-refractivity contribution in [3.63, 3.8) is 0 Å². The van der Waals surface area contributed by atoms with E-state index in [1.807, 2.05) is 20.8 Å². The highest BCUT2D eigenvalue weighted by molar-refractivity contribution is 6.42. The Morgan fingerprint density at radius 1 is 1.17 bits per heavy atom. The predicted octanol–water partition coefficient (Wildman–Crippen LogP) is 4.04. The van der Waals surface area contributed by atoms with Crippen molar-refractivity contribution < 1.29 is 19.1 Å². The number of nitrogens with one attached hydrogen (secondary N) is 1. The first-order chi connectivity index (χ1) is 13.5. The van der Waals surface area contributed by atoms with Gasteiger partial charge in [0.25, 0.3) is 0 Å². The van der Waals surface area contributed by atoms with Gasteiger partial charge in [-0.3, -0.25) is 9.59 Å². The third-order valence-electron chi connectivity index (χ3n) is 4.46. The average Bonchev–Trinajstić information content (AvgIpc) is 2.62. The number of carbonyl (C=O) groups is 3.